The molecular weight excluding hydrogens is 258 g/mol. The maximum atomic E-state index is 9.61. The lowest BCUT2D eigenvalue weighted by atomic mass is 10.1. The fourth-order valence-corrected chi connectivity index (χ4v) is 1.83. The van der Waals surface area contributed by atoms with E-state index in [0.717, 1.165) is 25.1 Å². The first-order valence-corrected chi connectivity index (χ1v) is 5.74. The molecule has 0 saturated carbocycles. The van der Waals surface area contributed by atoms with E-state index in [4.69, 9.17) is 4.74 Å². The summed E-state index contributed by atoms with van der Waals surface area (Å²) in [5, 5.41) is 12.9. The molecule has 0 unspecified atom stereocenters. The third kappa shape index (κ3) is 3.39. The zero-order valence-electron chi connectivity index (χ0n) is 9.01. The summed E-state index contributed by atoms with van der Waals surface area (Å²) in [6, 6.07) is 3.77. The van der Waals surface area contributed by atoms with Crippen molar-refractivity contribution in [1.82, 2.24) is 5.32 Å². The van der Waals surface area contributed by atoms with Crippen LogP contribution >= 0.6 is 15.9 Å². The average molecular weight is 274 g/mol. The zero-order valence-corrected chi connectivity index (χ0v) is 10.6. The normalized spacial score (nSPS) is 10.3. The highest BCUT2D eigenvalue weighted by atomic mass is 79.9. The molecule has 0 saturated heterocycles. The number of aromatic hydroxyl groups is 1. The maximum absolute atomic E-state index is 9.61. The molecule has 1 aromatic carbocycles. The van der Waals surface area contributed by atoms with E-state index in [2.05, 4.69) is 28.2 Å². The number of halogens is 1. The van der Waals surface area contributed by atoms with Gasteiger partial charge in [0.15, 0.2) is 11.5 Å². The Morgan fingerprint density at radius 2 is 2.20 bits per heavy atom. The second kappa shape index (κ2) is 5.98. The number of benzene rings is 1. The van der Waals surface area contributed by atoms with E-state index in [1.165, 1.54) is 0 Å². The Labute approximate surface area is 98.6 Å². The van der Waals surface area contributed by atoms with Crippen LogP contribution in [0.15, 0.2) is 16.6 Å². The van der Waals surface area contributed by atoms with Crippen LogP contribution in [0, 0.1) is 0 Å². The van der Waals surface area contributed by atoms with Crippen molar-refractivity contribution >= 4 is 15.9 Å². The molecule has 0 bridgehead atoms. The lowest BCUT2D eigenvalue weighted by Crippen LogP contribution is -2.16. The van der Waals surface area contributed by atoms with Gasteiger partial charge in [0.25, 0.3) is 0 Å². The summed E-state index contributed by atoms with van der Waals surface area (Å²) in [4.78, 5) is 0. The number of hydrogen-bond acceptors (Lipinski definition) is 3. The van der Waals surface area contributed by atoms with E-state index in [9.17, 15) is 5.11 Å². The molecule has 15 heavy (non-hydrogen) atoms. The third-order valence-corrected chi connectivity index (χ3v) is 2.75. The maximum Gasteiger partial charge on any atom is 0.172 e. The fourth-order valence-electron chi connectivity index (χ4n) is 1.34. The summed E-state index contributed by atoms with van der Waals surface area (Å²) >= 11 is 3.30. The van der Waals surface area contributed by atoms with Gasteiger partial charge in [-0.15, -0.1) is 0 Å². The van der Waals surface area contributed by atoms with Crippen molar-refractivity contribution in [2.75, 3.05) is 20.2 Å². The highest BCUT2D eigenvalue weighted by Crippen LogP contribution is 2.35. The van der Waals surface area contributed by atoms with Gasteiger partial charge in [-0.05, 0) is 53.1 Å². The van der Waals surface area contributed by atoms with Gasteiger partial charge >= 0.3 is 0 Å². The summed E-state index contributed by atoms with van der Waals surface area (Å²) in [5.41, 5.74) is 1.14. The molecule has 0 radical (unpaired) electrons. The molecule has 2 N–H and O–H groups in total. The van der Waals surface area contributed by atoms with E-state index in [1.807, 2.05) is 12.1 Å². The number of nitrogens with one attached hydrogen (secondary N) is 1. The molecule has 0 aliphatic rings. The summed E-state index contributed by atoms with van der Waals surface area (Å²) in [7, 11) is 1.55. The van der Waals surface area contributed by atoms with Crippen LogP contribution < -0.4 is 10.1 Å². The SMILES string of the molecule is CCNCCc1cc(Br)c(O)c(OC)c1. The molecule has 3 nitrogen and oxygen atoms in total. The van der Waals surface area contributed by atoms with Gasteiger partial charge in [0.1, 0.15) is 0 Å². The quantitative estimate of drug-likeness (QED) is 0.810. The van der Waals surface area contributed by atoms with Crippen LogP contribution in [0.25, 0.3) is 0 Å². The monoisotopic (exact) mass is 273 g/mol. The summed E-state index contributed by atoms with van der Waals surface area (Å²) in [6.45, 7) is 3.97. The van der Waals surface area contributed by atoms with E-state index in [1.54, 1.807) is 7.11 Å². The van der Waals surface area contributed by atoms with Gasteiger partial charge in [0.2, 0.25) is 0 Å². The number of phenolic OH excluding ortho intramolecular Hbond substituents is 1. The number of rotatable bonds is 5. The molecule has 4 heteroatoms. The predicted octanol–water partition coefficient (Wildman–Crippen LogP) is 2.32. The van der Waals surface area contributed by atoms with Crippen LogP contribution in [0.1, 0.15) is 12.5 Å². The van der Waals surface area contributed by atoms with E-state index >= 15 is 0 Å². The van der Waals surface area contributed by atoms with Crippen LogP contribution in [0.2, 0.25) is 0 Å². The molecule has 0 aliphatic heterocycles. The molecular formula is C11H16BrNO2. The number of phenols is 1. The van der Waals surface area contributed by atoms with Gasteiger partial charge in [-0.3, -0.25) is 0 Å². The van der Waals surface area contributed by atoms with Gasteiger partial charge in [-0.2, -0.15) is 0 Å². The second-order valence-corrected chi connectivity index (χ2v) is 4.09. The topological polar surface area (TPSA) is 41.5 Å². The first kappa shape index (κ1) is 12.3. The Bertz CT molecular complexity index is 329. The smallest absolute Gasteiger partial charge is 0.172 e. The molecule has 84 valence electrons. The molecule has 1 rings (SSSR count). The standard InChI is InChI=1S/C11H16BrNO2/c1-3-13-5-4-8-6-9(12)11(14)10(7-8)15-2/h6-7,13-14H,3-5H2,1-2H3. The lowest BCUT2D eigenvalue weighted by Gasteiger charge is -2.09. The van der Waals surface area contributed by atoms with Gasteiger partial charge in [-0.25, -0.2) is 0 Å². The molecule has 0 fully saturated rings. The minimum Gasteiger partial charge on any atom is -0.503 e. The molecule has 0 spiro atoms. The van der Waals surface area contributed by atoms with E-state index in [-0.39, 0.29) is 5.75 Å². The minimum absolute atomic E-state index is 0.157. The number of likely N-dealkylation sites (N-methyl/N-ethyl adjacent to an activating group) is 1. The van der Waals surface area contributed by atoms with Crippen molar-refractivity contribution in [3.8, 4) is 11.5 Å². The second-order valence-electron chi connectivity index (χ2n) is 3.23. The largest absolute Gasteiger partial charge is 0.503 e. The van der Waals surface area contributed by atoms with Crippen LogP contribution in [-0.4, -0.2) is 25.3 Å². The van der Waals surface area contributed by atoms with Crippen molar-refractivity contribution in [1.29, 1.82) is 0 Å². The van der Waals surface area contributed by atoms with Crippen molar-refractivity contribution in [2.45, 2.75) is 13.3 Å². The highest BCUT2D eigenvalue weighted by Gasteiger charge is 2.07. The highest BCUT2D eigenvalue weighted by molar-refractivity contribution is 9.10. The number of hydrogen-bond donors (Lipinski definition) is 2. The van der Waals surface area contributed by atoms with Crippen LogP contribution in [-0.2, 0) is 6.42 Å². The Hall–Kier alpha value is -0.740. The Kier molecular flexibility index (Phi) is 4.91. The van der Waals surface area contributed by atoms with Crippen LogP contribution in [0.5, 0.6) is 11.5 Å². The molecule has 0 aromatic heterocycles. The van der Waals surface area contributed by atoms with Gasteiger partial charge in [-0.1, -0.05) is 6.92 Å². The molecule has 0 heterocycles. The number of ether oxygens (including phenoxy) is 1. The number of methoxy groups -OCH3 is 1. The predicted molar refractivity (Wildman–Crippen MR) is 64.6 cm³/mol. The Morgan fingerprint density at radius 3 is 2.80 bits per heavy atom. The van der Waals surface area contributed by atoms with Gasteiger partial charge < -0.3 is 15.2 Å². The summed E-state index contributed by atoms with van der Waals surface area (Å²) < 4.78 is 5.75. The molecule has 0 amide bonds. The summed E-state index contributed by atoms with van der Waals surface area (Å²) in [6.07, 6.45) is 0.920. The summed E-state index contributed by atoms with van der Waals surface area (Å²) in [5.74, 6) is 0.667. The van der Waals surface area contributed by atoms with Crippen molar-refractivity contribution in [2.24, 2.45) is 0 Å². The Morgan fingerprint density at radius 1 is 1.47 bits per heavy atom. The van der Waals surface area contributed by atoms with Crippen LogP contribution in [0.4, 0.5) is 0 Å². The van der Waals surface area contributed by atoms with Gasteiger partial charge in [0.05, 0.1) is 11.6 Å². The molecule has 0 aliphatic carbocycles. The first-order valence-electron chi connectivity index (χ1n) is 4.95. The average Bonchev–Trinajstić information content (AvgIpc) is 2.23. The van der Waals surface area contributed by atoms with Crippen molar-refractivity contribution in [3.05, 3.63) is 22.2 Å². The zero-order chi connectivity index (χ0) is 11.3. The third-order valence-electron chi connectivity index (χ3n) is 2.15. The van der Waals surface area contributed by atoms with Crippen molar-refractivity contribution in [3.63, 3.8) is 0 Å². The van der Waals surface area contributed by atoms with E-state index < -0.39 is 0 Å². The minimum atomic E-state index is 0.157. The molecule has 0 atom stereocenters. The van der Waals surface area contributed by atoms with E-state index in [0.29, 0.717) is 10.2 Å². The van der Waals surface area contributed by atoms with Crippen LogP contribution in [0.3, 0.4) is 0 Å². The van der Waals surface area contributed by atoms with Gasteiger partial charge in [0, 0.05) is 0 Å². The first-order chi connectivity index (χ1) is 7.19. The lowest BCUT2D eigenvalue weighted by molar-refractivity contribution is 0.371. The fraction of sp³-hybridized carbons (Fsp3) is 0.455. The molecule has 1 aromatic rings. The Balaban J connectivity index is 2.77. The van der Waals surface area contributed by atoms with Crippen molar-refractivity contribution < 1.29 is 9.84 Å².